The Balaban J connectivity index is 1.53. The normalized spacial score (nSPS) is 11.3. The second-order valence-electron chi connectivity index (χ2n) is 7.12. The molecular weight excluding hydrogens is 350 g/mol. The van der Waals surface area contributed by atoms with Gasteiger partial charge in [-0.15, -0.1) is 0 Å². The molecule has 3 aromatic heterocycles. The first-order valence-corrected chi connectivity index (χ1v) is 9.25. The number of hydrogen-bond donors (Lipinski definition) is 0. The number of nitrogens with zero attached hydrogens (tertiary/aromatic N) is 5. The summed E-state index contributed by atoms with van der Waals surface area (Å²) in [6.07, 6.45) is 7.32. The molecule has 6 heteroatoms. The fourth-order valence-corrected chi connectivity index (χ4v) is 3.43. The standard InChI is InChI=1S/C22H23N5O/c1-16-10-17(2)20(22(11-16)27-9-5-8-24-27)15-26(3)14-19-12-21(25-28-19)18-6-4-7-23-13-18/h4-13H,14-15H2,1-3H3. The lowest BCUT2D eigenvalue weighted by Gasteiger charge is -2.20. The van der Waals surface area contributed by atoms with E-state index >= 15 is 0 Å². The van der Waals surface area contributed by atoms with Gasteiger partial charge in [-0.3, -0.25) is 9.88 Å². The molecule has 0 aliphatic heterocycles. The molecule has 4 rings (SSSR count). The molecule has 0 N–H and O–H groups in total. The van der Waals surface area contributed by atoms with Crippen molar-refractivity contribution in [1.82, 2.24) is 24.8 Å². The molecule has 0 radical (unpaired) electrons. The third-order valence-electron chi connectivity index (χ3n) is 4.72. The van der Waals surface area contributed by atoms with Crippen molar-refractivity contribution in [1.29, 1.82) is 0 Å². The second-order valence-corrected chi connectivity index (χ2v) is 7.12. The average Bonchev–Trinajstić information content (AvgIpc) is 3.36. The van der Waals surface area contributed by atoms with Gasteiger partial charge < -0.3 is 4.52 Å². The van der Waals surface area contributed by atoms with Crippen LogP contribution in [-0.2, 0) is 13.1 Å². The van der Waals surface area contributed by atoms with E-state index in [9.17, 15) is 0 Å². The number of aryl methyl sites for hydroxylation is 2. The topological polar surface area (TPSA) is 60.0 Å². The van der Waals surface area contributed by atoms with Gasteiger partial charge in [0, 0.05) is 43.0 Å². The van der Waals surface area contributed by atoms with Crippen molar-refractivity contribution in [3.63, 3.8) is 0 Å². The molecule has 0 unspecified atom stereocenters. The van der Waals surface area contributed by atoms with E-state index in [-0.39, 0.29) is 0 Å². The number of rotatable bonds is 6. The van der Waals surface area contributed by atoms with E-state index < -0.39 is 0 Å². The van der Waals surface area contributed by atoms with Gasteiger partial charge in [-0.25, -0.2) is 4.68 Å². The molecule has 6 nitrogen and oxygen atoms in total. The summed E-state index contributed by atoms with van der Waals surface area (Å²) >= 11 is 0. The van der Waals surface area contributed by atoms with Gasteiger partial charge in [0.2, 0.25) is 0 Å². The Hall–Kier alpha value is -3.25. The molecule has 0 spiro atoms. The highest BCUT2D eigenvalue weighted by atomic mass is 16.5. The summed E-state index contributed by atoms with van der Waals surface area (Å²) in [5, 5.41) is 8.60. The predicted molar refractivity (Wildman–Crippen MR) is 108 cm³/mol. The van der Waals surface area contributed by atoms with Crippen molar-refractivity contribution in [2.45, 2.75) is 26.9 Å². The van der Waals surface area contributed by atoms with E-state index in [0.29, 0.717) is 6.54 Å². The van der Waals surface area contributed by atoms with Crippen LogP contribution in [0.5, 0.6) is 0 Å². The van der Waals surface area contributed by atoms with Gasteiger partial charge in [-0.2, -0.15) is 5.10 Å². The zero-order chi connectivity index (χ0) is 19.5. The van der Waals surface area contributed by atoms with E-state index in [1.54, 1.807) is 18.6 Å². The molecule has 4 aromatic rings. The molecule has 0 saturated carbocycles. The van der Waals surface area contributed by atoms with Crippen LogP contribution >= 0.6 is 0 Å². The van der Waals surface area contributed by atoms with Crippen LogP contribution < -0.4 is 0 Å². The Labute approximate surface area is 164 Å². The van der Waals surface area contributed by atoms with Crippen molar-refractivity contribution in [2.75, 3.05) is 7.05 Å². The van der Waals surface area contributed by atoms with Gasteiger partial charge in [-0.1, -0.05) is 11.2 Å². The summed E-state index contributed by atoms with van der Waals surface area (Å²) in [4.78, 5) is 6.36. The Kier molecular flexibility index (Phi) is 5.04. The van der Waals surface area contributed by atoms with Crippen LogP contribution in [0.1, 0.15) is 22.5 Å². The molecule has 1 aromatic carbocycles. The van der Waals surface area contributed by atoms with Crippen LogP contribution in [0, 0.1) is 13.8 Å². The maximum absolute atomic E-state index is 5.54. The molecule has 0 fully saturated rings. The molecule has 3 heterocycles. The SMILES string of the molecule is Cc1cc(C)c(CN(C)Cc2cc(-c3cccnc3)no2)c(-n2cccn2)c1. The first kappa shape index (κ1) is 18.1. The van der Waals surface area contributed by atoms with Gasteiger partial charge in [0.05, 0.1) is 12.2 Å². The van der Waals surface area contributed by atoms with E-state index in [1.165, 1.54) is 16.7 Å². The average molecular weight is 373 g/mol. The molecular formula is C22H23N5O. The first-order chi connectivity index (χ1) is 13.6. The van der Waals surface area contributed by atoms with Gasteiger partial charge >= 0.3 is 0 Å². The van der Waals surface area contributed by atoms with E-state index in [2.05, 4.69) is 53.2 Å². The number of hydrogen-bond acceptors (Lipinski definition) is 5. The van der Waals surface area contributed by atoms with E-state index in [0.717, 1.165) is 29.2 Å². The highest BCUT2D eigenvalue weighted by Gasteiger charge is 2.14. The summed E-state index contributed by atoms with van der Waals surface area (Å²) in [6.45, 7) is 5.71. The summed E-state index contributed by atoms with van der Waals surface area (Å²) in [5.41, 5.74) is 6.61. The van der Waals surface area contributed by atoms with Crippen molar-refractivity contribution >= 4 is 0 Å². The van der Waals surface area contributed by atoms with Crippen LogP contribution in [0.3, 0.4) is 0 Å². The Morgan fingerprint density at radius 1 is 1.07 bits per heavy atom. The Bertz CT molecular complexity index is 1050. The second kappa shape index (κ2) is 7.78. The van der Waals surface area contributed by atoms with Gasteiger partial charge in [-0.05, 0) is 61.9 Å². The Morgan fingerprint density at radius 3 is 2.71 bits per heavy atom. The molecule has 0 atom stereocenters. The largest absolute Gasteiger partial charge is 0.359 e. The van der Waals surface area contributed by atoms with E-state index in [4.69, 9.17) is 4.52 Å². The van der Waals surface area contributed by atoms with Gasteiger partial charge in [0.1, 0.15) is 5.69 Å². The smallest absolute Gasteiger partial charge is 0.151 e. The Morgan fingerprint density at radius 2 is 1.96 bits per heavy atom. The fraction of sp³-hybridized carbons (Fsp3) is 0.227. The molecule has 0 aliphatic carbocycles. The maximum atomic E-state index is 5.54. The van der Waals surface area contributed by atoms with Crippen molar-refractivity contribution < 1.29 is 4.52 Å². The molecule has 28 heavy (non-hydrogen) atoms. The molecule has 0 amide bonds. The third-order valence-corrected chi connectivity index (χ3v) is 4.72. The minimum Gasteiger partial charge on any atom is -0.359 e. The van der Waals surface area contributed by atoms with E-state index in [1.807, 2.05) is 35.1 Å². The summed E-state index contributed by atoms with van der Waals surface area (Å²) in [5.74, 6) is 0.826. The third kappa shape index (κ3) is 3.87. The highest BCUT2D eigenvalue weighted by molar-refractivity contribution is 5.57. The maximum Gasteiger partial charge on any atom is 0.151 e. The van der Waals surface area contributed by atoms with Crippen molar-refractivity contribution in [3.05, 3.63) is 83.6 Å². The lowest BCUT2D eigenvalue weighted by atomic mass is 10.0. The zero-order valence-corrected chi connectivity index (χ0v) is 16.3. The lowest BCUT2D eigenvalue weighted by molar-refractivity contribution is 0.266. The molecule has 0 bridgehead atoms. The number of pyridine rings is 1. The van der Waals surface area contributed by atoms with Gasteiger partial charge in [0.15, 0.2) is 5.76 Å². The summed E-state index contributed by atoms with van der Waals surface area (Å²) < 4.78 is 7.47. The monoisotopic (exact) mass is 373 g/mol. The van der Waals surface area contributed by atoms with Crippen LogP contribution in [0.2, 0.25) is 0 Å². The van der Waals surface area contributed by atoms with Crippen LogP contribution in [0.4, 0.5) is 0 Å². The quantitative estimate of drug-likeness (QED) is 0.508. The molecule has 142 valence electrons. The van der Waals surface area contributed by atoms with Crippen molar-refractivity contribution in [3.8, 4) is 16.9 Å². The molecule has 0 aliphatic rings. The van der Waals surface area contributed by atoms with Crippen LogP contribution in [0.15, 0.2) is 65.7 Å². The minimum absolute atomic E-state index is 0.666. The predicted octanol–water partition coefficient (Wildman–Crippen LogP) is 4.17. The van der Waals surface area contributed by atoms with Crippen LogP contribution in [0.25, 0.3) is 16.9 Å². The highest BCUT2D eigenvalue weighted by Crippen LogP contribution is 2.23. The lowest BCUT2D eigenvalue weighted by Crippen LogP contribution is -2.19. The minimum atomic E-state index is 0.666. The number of benzene rings is 1. The van der Waals surface area contributed by atoms with Crippen LogP contribution in [-0.4, -0.2) is 31.9 Å². The van der Waals surface area contributed by atoms with Gasteiger partial charge in [0.25, 0.3) is 0 Å². The first-order valence-electron chi connectivity index (χ1n) is 9.25. The zero-order valence-electron chi connectivity index (χ0n) is 16.3. The fourth-order valence-electron chi connectivity index (χ4n) is 3.43. The summed E-state index contributed by atoms with van der Waals surface area (Å²) in [6, 6.07) is 12.2. The molecule has 0 saturated heterocycles. The summed E-state index contributed by atoms with van der Waals surface area (Å²) in [7, 11) is 2.08. The van der Waals surface area contributed by atoms with Crippen molar-refractivity contribution in [2.24, 2.45) is 0 Å². The number of aromatic nitrogens is 4.